The molecule has 0 aromatic heterocycles. The predicted octanol–water partition coefficient (Wildman–Crippen LogP) is -1.86. The normalized spacial score (nSPS) is 17.3. The molecule has 4 N–H and O–H groups in total. The van der Waals surface area contributed by atoms with Crippen LogP contribution < -0.4 is 21.3 Å². The number of carbonyl (C=O) groups is 4. The van der Waals surface area contributed by atoms with Crippen molar-refractivity contribution in [2.45, 2.75) is 32.6 Å². The van der Waals surface area contributed by atoms with Crippen LogP contribution in [0, 0.1) is 0 Å². The third-order valence-corrected chi connectivity index (χ3v) is 6.59. The summed E-state index contributed by atoms with van der Waals surface area (Å²) in [5, 5.41) is 11.1. The van der Waals surface area contributed by atoms with Crippen molar-refractivity contribution in [3.8, 4) is 0 Å². The summed E-state index contributed by atoms with van der Waals surface area (Å²) in [6.07, 6.45) is 4.42. The summed E-state index contributed by atoms with van der Waals surface area (Å²) in [5.74, 6) is -0.220. The summed E-state index contributed by atoms with van der Waals surface area (Å²) < 4.78 is 0. The summed E-state index contributed by atoms with van der Waals surface area (Å²) in [5.41, 5.74) is 0. The number of nitrogens with zero attached hydrogens (tertiary/aromatic N) is 4. The van der Waals surface area contributed by atoms with Crippen LogP contribution in [-0.4, -0.2) is 149 Å². The molecule has 0 aliphatic carbocycles. The molecule has 37 heavy (non-hydrogen) atoms. The first-order valence-corrected chi connectivity index (χ1v) is 13.6. The van der Waals surface area contributed by atoms with Gasteiger partial charge in [0.15, 0.2) is 0 Å². The van der Waals surface area contributed by atoms with E-state index in [9.17, 15) is 19.2 Å². The number of nitrogens with one attached hydrogen (secondary N) is 4. The van der Waals surface area contributed by atoms with Gasteiger partial charge in [0.2, 0.25) is 23.6 Å². The van der Waals surface area contributed by atoms with E-state index in [1.165, 1.54) is 6.42 Å². The first-order valence-electron chi connectivity index (χ1n) is 13.6. The number of rotatable bonds is 13. The molecule has 1 heterocycles. The molecule has 0 aromatic rings. The highest BCUT2D eigenvalue weighted by molar-refractivity contribution is 5.79. The average Bonchev–Trinajstić information content (AvgIpc) is 2.89. The van der Waals surface area contributed by atoms with Crippen LogP contribution >= 0.6 is 0 Å². The van der Waals surface area contributed by atoms with Crippen LogP contribution in [0.4, 0.5) is 0 Å². The van der Waals surface area contributed by atoms with Crippen LogP contribution in [0.5, 0.6) is 0 Å². The van der Waals surface area contributed by atoms with Crippen molar-refractivity contribution < 1.29 is 19.2 Å². The van der Waals surface area contributed by atoms with Crippen LogP contribution in [0.15, 0.2) is 0 Å². The van der Waals surface area contributed by atoms with E-state index >= 15 is 0 Å². The Bertz CT molecular complexity index is 660. The Labute approximate surface area is 222 Å². The molecule has 0 bridgehead atoms. The quantitative estimate of drug-likeness (QED) is 0.206. The van der Waals surface area contributed by atoms with Gasteiger partial charge >= 0.3 is 0 Å². The van der Waals surface area contributed by atoms with E-state index in [1.54, 1.807) is 21.1 Å². The zero-order valence-corrected chi connectivity index (χ0v) is 23.4. The average molecular weight is 527 g/mol. The smallest absolute Gasteiger partial charge is 0.234 e. The lowest BCUT2D eigenvalue weighted by atomic mass is 10.2. The van der Waals surface area contributed by atoms with Crippen molar-refractivity contribution in [3.63, 3.8) is 0 Å². The molecule has 0 spiro atoms. The number of likely N-dealkylation sites (N-methyl/N-ethyl adjacent to an activating group) is 3. The molecule has 0 saturated carbocycles. The molecule has 1 fully saturated rings. The maximum atomic E-state index is 12.7. The van der Waals surface area contributed by atoms with E-state index in [-0.39, 0.29) is 49.8 Å². The SMILES string of the molecule is CCCCCCNC(=O)CN1CCN(CC(=O)NC)CCN(CC(=O)NC)CCN(CC(=O)NC)CC1. The van der Waals surface area contributed by atoms with Crippen LogP contribution in [0.1, 0.15) is 32.6 Å². The van der Waals surface area contributed by atoms with E-state index in [1.807, 2.05) is 0 Å². The topological polar surface area (TPSA) is 129 Å². The number of unbranched alkanes of at least 4 members (excludes halogenated alkanes) is 3. The Morgan fingerprint density at radius 1 is 0.514 bits per heavy atom. The van der Waals surface area contributed by atoms with E-state index in [4.69, 9.17) is 0 Å². The van der Waals surface area contributed by atoms with Gasteiger partial charge < -0.3 is 21.3 Å². The molecule has 214 valence electrons. The first kappa shape index (κ1) is 32.7. The van der Waals surface area contributed by atoms with Gasteiger partial charge in [0.25, 0.3) is 0 Å². The summed E-state index contributed by atoms with van der Waals surface area (Å²) in [4.78, 5) is 57.3. The fourth-order valence-corrected chi connectivity index (χ4v) is 4.10. The minimum Gasteiger partial charge on any atom is -0.358 e. The van der Waals surface area contributed by atoms with Gasteiger partial charge in [-0.25, -0.2) is 0 Å². The molecule has 0 aromatic carbocycles. The van der Waals surface area contributed by atoms with E-state index in [2.05, 4.69) is 47.8 Å². The van der Waals surface area contributed by atoms with Crippen LogP contribution in [0.25, 0.3) is 0 Å². The first-order chi connectivity index (χ1) is 17.8. The van der Waals surface area contributed by atoms with Gasteiger partial charge in [-0.15, -0.1) is 0 Å². The van der Waals surface area contributed by atoms with Gasteiger partial charge in [0.1, 0.15) is 0 Å². The maximum Gasteiger partial charge on any atom is 0.234 e. The lowest BCUT2D eigenvalue weighted by Gasteiger charge is -2.33. The minimum atomic E-state index is -0.0744. The Kier molecular flexibility index (Phi) is 17.5. The number of hydrogen-bond acceptors (Lipinski definition) is 8. The number of amides is 4. The predicted molar refractivity (Wildman–Crippen MR) is 145 cm³/mol. The zero-order valence-electron chi connectivity index (χ0n) is 23.4. The van der Waals surface area contributed by atoms with Gasteiger partial charge in [-0.1, -0.05) is 26.2 Å². The molecule has 1 aliphatic rings. The number of carbonyl (C=O) groups excluding carboxylic acids is 4. The molecule has 4 amide bonds. The molecule has 1 aliphatic heterocycles. The summed E-state index contributed by atoms with van der Waals surface area (Å²) in [6.45, 7) is 8.76. The lowest BCUT2D eigenvalue weighted by Crippen LogP contribution is -2.51. The second kappa shape index (κ2) is 19.8. The van der Waals surface area contributed by atoms with Crippen molar-refractivity contribution in [3.05, 3.63) is 0 Å². The molecule has 12 heteroatoms. The van der Waals surface area contributed by atoms with Gasteiger partial charge in [0.05, 0.1) is 26.2 Å². The second-order valence-electron chi connectivity index (χ2n) is 9.53. The Morgan fingerprint density at radius 2 is 0.838 bits per heavy atom. The Balaban J connectivity index is 2.92. The Morgan fingerprint density at radius 3 is 1.14 bits per heavy atom. The van der Waals surface area contributed by atoms with E-state index in [0.29, 0.717) is 58.9 Å². The minimum absolute atomic E-state index is 0.00366. The number of hydrogen-bond donors (Lipinski definition) is 4. The summed E-state index contributed by atoms with van der Waals surface area (Å²) in [7, 11) is 4.86. The molecule has 1 saturated heterocycles. The molecule has 0 radical (unpaired) electrons. The van der Waals surface area contributed by atoms with Gasteiger partial charge in [-0.05, 0) is 6.42 Å². The summed E-state index contributed by atoms with van der Waals surface area (Å²) in [6, 6.07) is 0. The largest absolute Gasteiger partial charge is 0.358 e. The van der Waals surface area contributed by atoms with Crippen molar-refractivity contribution in [1.29, 1.82) is 0 Å². The standard InChI is InChI=1S/C25H50N8O4/c1-5-6-7-8-9-29-25(37)21-33-16-14-31(19-23(35)27-3)12-10-30(18-22(34)26-2)11-13-32(15-17-33)20-24(36)28-4/h5-21H2,1-4H3,(H,26,34)(H,27,35)(H,28,36)(H,29,37). The van der Waals surface area contributed by atoms with Crippen LogP contribution in [-0.2, 0) is 19.2 Å². The van der Waals surface area contributed by atoms with Crippen LogP contribution in [0.3, 0.4) is 0 Å². The van der Waals surface area contributed by atoms with Crippen molar-refractivity contribution >= 4 is 23.6 Å². The fraction of sp³-hybridized carbons (Fsp3) is 0.840. The second-order valence-corrected chi connectivity index (χ2v) is 9.53. The van der Waals surface area contributed by atoms with Gasteiger partial charge in [-0.3, -0.25) is 38.8 Å². The molecule has 0 unspecified atom stereocenters. The maximum absolute atomic E-state index is 12.7. The third kappa shape index (κ3) is 15.5. The molecular formula is C25H50N8O4. The third-order valence-electron chi connectivity index (χ3n) is 6.59. The Hall–Kier alpha value is -2.28. The van der Waals surface area contributed by atoms with E-state index < -0.39 is 0 Å². The van der Waals surface area contributed by atoms with E-state index in [0.717, 1.165) is 19.3 Å². The summed E-state index contributed by atoms with van der Waals surface area (Å²) >= 11 is 0. The highest BCUT2D eigenvalue weighted by Crippen LogP contribution is 2.02. The van der Waals surface area contributed by atoms with Crippen LogP contribution in [0.2, 0.25) is 0 Å². The molecule has 12 nitrogen and oxygen atoms in total. The monoisotopic (exact) mass is 526 g/mol. The van der Waals surface area contributed by atoms with Gasteiger partial charge in [0, 0.05) is 80.0 Å². The van der Waals surface area contributed by atoms with Crippen molar-refractivity contribution in [2.24, 2.45) is 0 Å². The molecule has 0 atom stereocenters. The fourth-order valence-electron chi connectivity index (χ4n) is 4.10. The zero-order chi connectivity index (χ0) is 27.5. The molecule has 1 rings (SSSR count). The highest BCUT2D eigenvalue weighted by atomic mass is 16.2. The molecular weight excluding hydrogens is 476 g/mol. The van der Waals surface area contributed by atoms with Gasteiger partial charge in [-0.2, -0.15) is 0 Å². The lowest BCUT2D eigenvalue weighted by molar-refractivity contribution is -0.124. The van der Waals surface area contributed by atoms with Crippen molar-refractivity contribution in [1.82, 2.24) is 40.9 Å². The highest BCUT2D eigenvalue weighted by Gasteiger charge is 2.21. The van der Waals surface area contributed by atoms with Crippen molar-refractivity contribution in [2.75, 3.05) is 106 Å².